The molecule has 5 heteroatoms. The maximum Gasteiger partial charge on any atom is 0.0947 e. The van der Waals surface area contributed by atoms with E-state index >= 15 is 0 Å². The summed E-state index contributed by atoms with van der Waals surface area (Å²) < 4.78 is 3.61. The highest BCUT2D eigenvalue weighted by atomic mass is 15.3. The Hall–Kier alpha value is -1.62. The highest BCUT2D eigenvalue weighted by Crippen LogP contribution is 2.14. The molecule has 2 aromatic rings. The number of hydrogen-bond acceptors (Lipinski definition) is 3. The molecule has 0 fully saturated rings. The number of aryl methyl sites for hydroxylation is 2. The minimum Gasteiger partial charge on any atom is -0.340 e. The van der Waals surface area contributed by atoms with E-state index in [1.807, 2.05) is 37.1 Å². The maximum atomic E-state index is 5.99. The third kappa shape index (κ3) is 1.54. The molecule has 0 radical (unpaired) electrons. The summed E-state index contributed by atoms with van der Waals surface area (Å²) >= 11 is 0. The van der Waals surface area contributed by atoms with Gasteiger partial charge in [0.1, 0.15) is 0 Å². The Bertz CT molecular complexity index is 388. The van der Waals surface area contributed by atoms with E-state index in [0.29, 0.717) is 0 Å². The van der Waals surface area contributed by atoms with Crippen molar-refractivity contribution < 1.29 is 0 Å². The lowest BCUT2D eigenvalue weighted by atomic mass is 10.2. The Morgan fingerprint density at radius 3 is 2.64 bits per heavy atom. The van der Waals surface area contributed by atoms with Gasteiger partial charge in [-0.2, -0.15) is 5.10 Å². The fourth-order valence-corrected chi connectivity index (χ4v) is 1.34. The molecule has 1 atom stereocenters. The van der Waals surface area contributed by atoms with Crippen molar-refractivity contribution in [3.05, 3.63) is 36.2 Å². The minimum atomic E-state index is -0.239. The zero-order valence-electron chi connectivity index (χ0n) is 8.25. The highest BCUT2D eigenvalue weighted by molar-refractivity contribution is 5.17. The van der Waals surface area contributed by atoms with E-state index in [9.17, 15) is 0 Å². The van der Waals surface area contributed by atoms with Gasteiger partial charge in [-0.1, -0.05) is 0 Å². The van der Waals surface area contributed by atoms with Crippen LogP contribution in [0.5, 0.6) is 0 Å². The molecule has 2 N–H and O–H groups in total. The highest BCUT2D eigenvalue weighted by Gasteiger charge is 2.13. The van der Waals surface area contributed by atoms with E-state index in [4.69, 9.17) is 5.73 Å². The van der Waals surface area contributed by atoms with E-state index < -0.39 is 0 Å². The van der Waals surface area contributed by atoms with Crippen LogP contribution < -0.4 is 5.73 Å². The second kappa shape index (κ2) is 3.26. The van der Waals surface area contributed by atoms with Crippen molar-refractivity contribution >= 4 is 0 Å². The molecule has 0 saturated carbocycles. The molecule has 0 aromatic carbocycles. The quantitative estimate of drug-likeness (QED) is 0.737. The van der Waals surface area contributed by atoms with Crippen LogP contribution in [-0.4, -0.2) is 19.3 Å². The second-order valence-corrected chi connectivity index (χ2v) is 3.36. The average molecular weight is 191 g/mol. The summed E-state index contributed by atoms with van der Waals surface area (Å²) in [5.41, 5.74) is 7.67. The summed E-state index contributed by atoms with van der Waals surface area (Å²) in [5.74, 6) is 0. The van der Waals surface area contributed by atoms with Crippen LogP contribution in [0.1, 0.15) is 17.4 Å². The smallest absolute Gasteiger partial charge is 0.0947 e. The van der Waals surface area contributed by atoms with Gasteiger partial charge in [-0.3, -0.25) is 4.68 Å². The van der Waals surface area contributed by atoms with Gasteiger partial charge >= 0.3 is 0 Å². The van der Waals surface area contributed by atoms with Gasteiger partial charge in [0, 0.05) is 26.5 Å². The first-order valence-corrected chi connectivity index (χ1v) is 4.40. The molecular formula is C9H13N5. The van der Waals surface area contributed by atoms with E-state index in [1.165, 1.54) is 0 Å². The van der Waals surface area contributed by atoms with Crippen molar-refractivity contribution in [1.29, 1.82) is 0 Å². The lowest BCUT2D eigenvalue weighted by Crippen LogP contribution is -2.13. The van der Waals surface area contributed by atoms with Crippen LogP contribution >= 0.6 is 0 Å². The predicted molar refractivity (Wildman–Crippen MR) is 52.4 cm³/mol. The van der Waals surface area contributed by atoms with Crippen molar-refractivity contribution in [3.63, 3.8) is 0 Å². The number of nitrogens with two attached hydrogens (primary N) is 1. The van der Waals surface area contributed by atoms with Crippen LogP contribution in [0.3, 0.4) is 0 Å². The molecule has 14 heavy (non-hydrogen) atoms. The predicted octanol–water partition coefficient (Wildman–Crippen LogP) is 0.202. The van der Waals surface area contributed by atoms with Gasteiger partial charge in [-0.25, -0.2) is 4.98 Å². The molecule has 0 spiro atoms. The van der Waals surface area contributed by atoms with Gasteiger partial charge in [0.25, 0.3) is 0 Å². The molecular weight excluding hydrogens is 178 g/mol. The molecule has 0 aliphatic carbocycles. The van der Waals surface area contributed by atoms with E-state index in [2.05, 4.69) is 10.1 Å². The van der Waals surface area contributed by atoms with Gasteiger partial charge < -0.3 is 10.3 Å². The Morgan fingerprint density at radius 1 is 1.36 bits per heavy atom. The molecule has 0 amide bonds. The number of hydrogen-bond donors (Lipinski definition) is 1. The lowest BCUT2D eigenvalue weighted by molar-refractivity contribution is 0.708. The normalized spacial score (nSPS) is 13.1. The lowest BCUT2D eigenvalue weighted by Gasteiger charge is -2.03. The van der Waals surface area contributed by atoms with Crippen molar-refractivity contribution in [2.24, 2.45) is 19.8 Å². The fraction of sp³-hybridized carbons (Fsp3) is 0.333. The summed E-state index contributed by atoms with van der Waals surface area (Å²) in [5, 5.41) is 4.24. The molecule has 74 valence electrons. The Kier molecular flexibility index (Phi) is 2.09. The SMILES string of the molecule is Cn1cnc(C(N)c2ccn(C)n2)c1. The third-order valence-corrected chi connectivity index (χ3v) is 2.10. The van der Waals surface area contributed by atoms with Crippen LogP contribution in [0.15, 0.2) is 24.8 Å². The molecule has 1 unspecified atom stereocenters. The molecule has 2 aromatic heterocycles. The van der Waals surface area contributed by atoms with Gasteiger partial charge in [0.15, 0.2) is 0 Å². The monoisotopic (exact) mass is 191 g/mol. The zero-order valence-corrected chi connectivity index (χ0v) is 8.25. The Balaban J connectivity index is 2.28. The molecule has 0 saturated heterocycles. The van der Waals surface area contributed by atoms with Gasteiger partial charge in [-0.15, -0.1) is 0 Å². The standard InChI is InChI=1S/C9H13N5/c1-13-5-8(11-6-13)9(10)7-3-4-14(2)12-7/h3-6,9H,10H2,1-2H3. The largest absolute Gasteiger partial charge is 0.340 e. The second-order valence-electron chi connectivity index (χ2n) is 3.36. The first-order valence-electron chi connectivity index (χ1n) is 4.40. The van der Waals surface area contributed by atoms with E-state index in [0.717, 1.165) is 11.4 Å². The van der Waals surface area contributed by atoms with E-state index in [1.54, 1.807) is 11.0 Å². The van der Waals surface area contributed by atoms with Gasteiger partial charge in [0.2, 0.25) is 0 Å². The topological polar surface area (TPSA) is 61.7 Å². The van der Waals surface area contributed by atoms with Crippen molar-refractivity contribution in [1.82, 2.24) is 19.3 Å². The van der Waals surface area contributed by atoms with Crippen molar-refractivity contribution in [3.8, 4) is 0 Å². The van der Waals surface area contributed by atoms with Crippen LogP contribution in [0, 0.1) is 0 Å². The summed E-state index contributed by atoms with van der Waals surface area (Å²) in [6.07, 6.45) is 5.51. The maximum absolute atomic E-state index is 5.99. The number of rotatable bonds is 2. The zero-order chi connectivity index (χ0) is 10.1. The summed E-state index contributed by atoms with van der Waals surface area (Å²) in [6.45, 7) is 0. The number of aromatic nitrogens is 4. The van der Waals surface area contributed by atoms with Crippen LogP contribution in [0.4, 0.5) is 0 Å². The first-order chi connectivity index (χ1) is 6.66. The molecule has 0 aliphatic heterocycles. The molecule has 0 bridgehead atoms. The minimum absolute atomic E-state index is 0.239. The molecule has 2 rings (SSSR count). The Labute approximate surface area is 82.2 Å². The fourth-order valence-electron chi connectivity index (χ4n) is 1.34. The van der Waals surface area contributed by atoms with Crippen LogP contribution in [0.2, 0.25) is 0 Å². The molecule has 0 aliphatic rings. The Morgan fingerprint density at radius 2 is 2.14 bits per heavy atom. The first kappa shape index (κ1) is 8.96. The molecule has 5 nitrogen and oxygen atoms in total. The van der Waals surface area contributed by atoms with Crippen molar-refractivity contribution in [2.75, 3.05) is 0 Å². The average Bonchev–Trinajstić information content (AvgIpc) is 2.73. The summed E-state index contributed by atoms with van der Waals surface area (Å²) in [6, 6.07) is 1.66. The van der Waals surface area contributed by atoms with Gasteiger partial charge in [0.05, 0.1) is 23.8 Å². The van der Waals surface area contributed by atoms with Crippen LogP contribution in [0.25, 0.3) is 0 Å². The van der Waals surface area contributed by atoms with Crippen molar-refractivity contribution in [2.45, 2.75) is 6.04 Å². The van der Waals surface area contributed by atoms with E-state index in [-0.39, 0.29) is 6.04 Å². The summed E-state index contributed by atoms with van der Waals surface area (Å²) in [7, 11) is 3.79. The number of nitrogens with zero attached hydrogens (tertiary/aromatic N) is 4. The van der Waals surface area contributed by atoms with Crippen LogP contribution in [-0.2, 0) is 14.1 Å². The van der Waals surface area contributed by atoms with Gasteiger partial charge in [-0.05, 0) is 6.07 Å². The number of imidazole rings is 1. The molecule has 2 heterocycles. The third-order valence-electron chi connectivity index (χ3n) is 2.10. The summed E-state index contributed by atoms with van der Waals surface area (Å²) in [4.78, 5) is 4.19.